The lowest BCUT2D eigenvalue weighted by Gasteiger charge is -2.17. The topological polar surface area (TPSA) is 38.3 Å². The second kappa shape index (κ2) is 8.05. The quantitative estimate of drug-likeness (QED) is 0.781. The molecule has 1 amide bonds. The van der Waals surface area contributed by atoms with E-state index in [0.29, 0.717) is 25.3 Å². The van der Waals surface area contributed by atoms with E-state index in [1.54, 1.807) is 0 Å². The standard InChI is InChI=1S/C15H22ClNO2/c1-11-6-7-12(2)14(9-11)19-13(3)10-17-15(18)5-4-8-16/h6-7,9,13H,4-5,8,10H2,1-3H3,(H,17,18). The molecule has 1 N–H and O–H groups in total. The van der Waals surface area contributed by atoms with Crippen LogP contribution in [0.2, 0.25) is 0 Å². The minimum atomic E-state index is -0.0551. The first-order valence-electron chi connectivity index (χ1n) is 6.59. The van der Waals surface area contributed by atoms with Crippen LogP contribution >= 0.6 is 11.6 Å². The fourth-order valence-electron chi connectivity index (χ4n) is 1.67. The molecule has 0 radical (unpaired) electrons. The number of aryl methyl sites for hydroxylation is 2. The van der Waals surface area contributed by atoms with Crippen LogP contribution in [0, 0.1) is 13.8 Å². The minimum Gasteiger partial charge on any atom is -0.489 e. The second-order valence-corrected chi connectivity index (χ2v) is 5.17. The predicted octanol–water partition coefficient (Wildman–Crippen LogP) is 3.21. The van der Waals surface area contributed by atoms with Crippen LogP contribution in [0.25, 0.3) is 0 Å². The molecule has 3 nitrogen and oxygen atoms in total. The van der Waals surface area contributed by atoms with Gasteiger partial charge in [-0.2, -0.15) is 0 Å². The van der Waals surface area contributed by atoms with Crippen molar-refractivity contribution in [2.24, 2.45) is 0 Å². The lowest BCUT2D eigenvalue weighted by atomic mass is 10.1. The summed E-state index contributed by atoms with van der Waals surface area (Å²) >= 11 is 5.54. The molecular formula is C15H22ClNO2. The summed E-state index contributed by atoms with van der Waals surface area (Å²) in [5.41, 5.74) is 2.27. The molecule has 0 saturated carbocycles. The largest absolute Gasteiger partial charge is 0.489 e. The van der Waals surface area contributed by atoms with Crippen molar-refractivity contribution in [3.63, 3.8) is 0 Å². The molecule has 19 heavy (non-hydrogen) atoms. The highest BCUT2D eigenvalue weighted by atomic mass is 35.5. The van der Waals surface area contributed by atoms with E-state index in [4.69, 9.17) is 16.3 Å². The molecule has 1 unspecified atom stereocenters. The van der Waals surface area contributed by atoms with Crippen molar-refractivity contribution in [1.82, 2.24) is 5.32 Å². The Labute approximate surface area is 120 Å². The molecule has 0 aromatic heterocycles. The first-order chi connectivity index (χ1) is 9.02. The number of ether oxygens (including phenoxy) is 1. The molecule has 106 valence electrons. The van der Waals surface area contributed by atoms with Gasteiger partial charge < -0.3 is 10.1 Å². The second-order valence-electron chi connectivity index (χ2n) is 4.79. The third-order valence-electron chi connectivity index (χ3n) is 2.80. The van der Waals surface area contributed by atoms with Gasteiger partial charge in [0.1, 0.15) is 11.9 Å². The molecule has 0 saturated heterocycles. The zero-order valence-corrected chi connectivity index (χ0v) is 12.6. The number of nitrogens with one attached hydrogen (secondary N) is 1. The summed E-state index contributed by atoms with van der Waals surface area (Å²) in [4.78, 5) is 11.5. The van der Waals surface area contributed by atoms with Gasteiger partial charge in [-0.05, 0) is 44.4 Å². The maximum Gasteiger partial charge on any atom is 0.220 e. The van der Waals surface area contributed by atoms with Gasteiger partial charge in [0.15, 0.2) is 0 Å². The van der Waals surface area contributed by atoms with E-state index >= 15 is 0 Å². The Hall–Kier alpha value is -1.22. The fraction of sp³-hybridized carbons (Fsp3) is 0.533. The molecule has 1 aromatic rings. The van der Waals surface area contributed by atoms with Gasteiger partial charge in [0, 0.05) is 12.3 Å². The van der Waals surface area contributed by atoms with Gasteiger partial charge in [-0.25, -0.2) is 0 Å². The number of benzene rings is 1. The van der Waals surface area contributed by atoms with E-state index in [1.165, 1.54) is 5.56 Å². The van der Waals surface area contributed by atoms with Crippen LogP contribution < -0.4 is 10.1 Å². The Morgan fingerprint density at radius 3 is 2.84 bits per heavy atom. The lowest BCUT2D eigenvalue weighted by Crippen LogP contribution is -2.33. The van der Waals surface area contributed by atoms with E-state index in [9.17, 15) is 4.79 Å². The molecule has 1 rings (SSSR count). The molecule has 1 aromatic carbocycles. The fourth-order valence-corrected chi connectivity index (χ4v) is 1.80. The summed E-state index contributed by atoms with van der Waals surface area (Å²) in [6.45, 7) is 6.50. The van der Waals surface area contributed by atoms with Crippen molar-refractivity contribution < 1.29 is 9.53 Å². The van der Waals surface area contributed by atoms with Gasteiger partial charge in [0.05, 0.1) is 6.54 Å². The van der Waals surface area contributed by atoms with Gasteiger partial charge in [-0.1, -0.05) is 12.1 Å². The Balaban J connectivity index is 2.40. The Morgan fingerprint density at radius 1 is 1.42 bits per heavy atom. The van der Waals surface area contributed by atoms with Crippen LogP contribution in [0.5, 0.6) is 5.75 Å². The normalized spacial score (nSPS) is 12.0. The van der Waals surface area contributed by atoms with Gasteiger partial charge >= 0.3 is 0 Å². The molecule has 0 heterocycles. The van der Waals surface area contributed by atoms with Crippen LogP contribution in [-0.2, 0) is 4.79 Å². The number of alkyl halides is 1. The monoisotopic (exact) mass is 283 g/mol. The molecule has 0 spiro atoms. The molecule has 0 aliphatic heterocycles. The van der Waals surface area contributed by atoms with Crippen LogP contribution in [0.3, 0.4) is 0 Å². The third kappa shape index (κ3) is 5.97. The van der Waals surface area contributed by atoms with Crippen molar-refractivity contribution in [3.8, 4) is 5.75 Å². The summed E-state index contributed by atoms with van der Waals surface area (Å²) in [6, 6.07) is 6.11. The van der Waals surface area contributed by atoms with E-state index in [0.717, 1.165) is 11.3 Å². The summed E-state index contributed by atoms with van der Waals surface area (Å²) < 4.78 is 5.84. The van der Waals surface area contributed by atoms with E-state index in [1.807, 2.05) is 32.9 Å². The molecule has 4 heteroatoms. The van der Waals surface area contributed by atoms with E-state index in [2.05, 4.69) is 11.4 Å². The Kier molecular flexibility index (Phi) is 6.71. The van der Waals surface area contributed by atoms with Crippen molar-refractivity contribution in [1.29, 1.82) is 0 Å². The Bertz CT molecular complexity index is 421. The lowest BCUT2D eigenvalue weighted by molar-refractivity contribution is -0.121. The zero-order valence-electron chi connectivity index (χ0n) is 11.8. The van der Waals surface area contributed by atoms with E-state index in [-0.39, 0.29) is 12.0 Å². The molecular weight excluding hydrogens is 262 g/mol. The maximum absolute atomic E-state index is 11.5. The SMILES string of the molecule is Cc1ccc(C)c(OC(C)CNC(=O)CCCCl)c1. The van der Waals surface area contributed by atoms with Crippen LogP contribution in [0.15, 0.2) is 18.2 Å². The highest BCUT2D eigenvalue weighted by Gasteiger charge is 2.08. The van der Waals surface area contributed by atoms with Crippen molar-refractivity contribution in [2.45, 2.75) is 39.7 Å². The highest BCUT2D eigenvalue weighted by molar-refractivity contribution is 6.17. The van der Waals surface area contributed by atoms with E-state index < -0.39 is 0 Å². The van der Waals surface area contributed by atoms with Gasteiger partial charge in [0.25, 0.3) is 0 Å². The summed E-state index contributed by atoms with van der Waals surface area (Å²) in [5.74, 6) is 1.42. The smallest absolute Gasteiger partial charge is 0.220 e. The number of rotatable bonds is 7. The van der Waals surface area contributed by atoms with Crippen LogP contribution in [-0.4, -0.2) is 24.4 Å². The first-order valence-corrected chi connectivity index (χ1v) is 7.13. The molecule has 0 aliphatic rings. The summed E-state index contributed by atoms with van der Waals surface area (Å²) in [7, 11) is 0. The molecule has 1 atom stereocenters. The first kappa shape index (κ1) is 15.8. The molecule has 0 aliphatic carbocycles. The van der Waals surface area contributed by atoms with Gasteiger partial charge in [0.2, 0.25) is 5.91 Å². The van der Waals surface area contributed by atoms with Crippen molar-refractivity contribution in [2.75, 3.05) is 12.4 Å². The predicted molar refractivity (Wildman–Crippen MR) is 79.0 cm³/mol. The minimum absolute atomic E-state index is 0.0251. The maximum atomic E-state index is 11.5. The summed E-state index contributed by atoms with van der Waals surface area (Å²) in [5, 5.41) is 2.85. The summed E-state index contributed by atoms with van der Waals surface area (Å²) in [6.07, 6.45) is 1.12. The number of halogens is 1. The average molecular weight is 284 g/mol. The molecule has 0 bridgehead atoms. The Morgan fingerprint density at radius 2 is 2.16 bits per heavy atom. The number of hydrogen-bond acceptors (Lipinski definition) is 2. The van der Waals surface area contributed by atoms with Crippen molar-refractivity contribution in [3.05, 3.63) is 29.3 Å². The zero-order chi connectivity index (χ0) is 14.3. The van der Waals surface area contributed by atoms with Gasteiger partial charge in [-0.3, -0.25) is 4.79 Å². The third-order valence-corrected chi connectivity index (χ3v) is 3.06. The highest BCUT2D eigenvalue weighted by Crippen LogP contribution is 2.20. The number of amides is 1. The van der Waals surface area contributed by atoms with Crippen LogP contribution in [0.1, 0.15) is 30.9 Å². The average Bonchev–Trinajstić information content (AvgIpc) is 2.38. The van der Waals surface area contributed by atoms with Crippen LogP contribution in [0.4, 0.5) is 0 Å². The number of carbonyl (C=O) groups excluding carboxylic acids is 1. The number of carbonyl (C=O) groups is 1. The number of hydrogen-bond donors (Lipinski definition) is 1. The van der Waals surface area contributed by atoms with Crippen molar-refractivity contribution >= 4 is 17.5 Å². The van der Waals surface area contributed by atoms with Gasteiger partial charge in [-0.15, -0.1) is 11.6 Å². The molecule has 0 fully saturated rings.